The van der Waals surface area contributed by atoms with Crippen LogP contribution in [0.4, 0.5) is 5.69 Å². The largest absolute Gasteiger partial charge is 0.488 e. The van der Waals surface area contributed by atoms with Gasteiger partial charge in [-0.15, -0.1) is 0 Å². The van der Waals surface area contributed by atoms with E-state index >= 15 is 0 Å². The SMILES string of the molecule is CCC/C=C\c1ccc(OC(C)(C)C)cc1N. The Balaban J connectivity index is 2.79. The molecule has 2 heteroatoms. The fourth-order valence-electron chi connectivity index (χ4n) is 1.50. The number of allylic oxidation sites excluding steroid dienone is 1. The van der Waals surface area contributed by atoms with Gasteiger partial charge in [0, 0.05) is 11.8 Å². The molecule has 0 aromatic heterocycles. The molecule has 0 radical (unpaired) electrons. The van der Waals surface area contributed by atoms with Crippen molar-refractivity contribution in [3.05, 3.63) is 29.8 Å². The second-order valence-electron chi connectivity index (χ2n) is 5.20. The maximum absolute atomic E-state index is 5.99. The number of nitrogen functional groups attached to an aromatic ring is 1. The summed E-state index contributed by atoms with van der Waals surface area (Å²) in [6.07, 6.45) is 6.46. The van der Waals surface area contributed by atoms with E-state index < -0.39 is 0 Å². The van der Waals surface area contributed by atoms with Crippen LogP contribution in [-0.2, 0) is 0 Å². The highest BCUT2D eigenvalue weighted by Gasteiger charge is 2.11. The second-order valence-corrected chi connectivity index (χ2v) is 5.20. The summed E-state index contributed by atoms with van der Waals surface area (Å²) < 4.78 is 5.76. The summed E-state index contributed by atoms with van der Waals surface area (Å²) in [5.74, 6) is 0.822. The van der Waals surface area contributed by atoms with Crippen LogP contribution in [0.5, 0.6) is 5.75 Å². The Bertz CT molecular complexity index is 388. The van der Waals surface area contributed by atoms with Gasteiger partial charge in [0.1, 0.15) is 11.4 Å². The monoisotopic (exact) mass is 233 g/mol. The molecule has 2 nitrogen and oxygen atoms in total. The van der Waals surface area contributed by atoms with Crippen molar-refractivity contribution in [1.82, 2.24) is 0 Å². The lowest BCUT2D eigenvalue weighted by Gasteiger charge is -2.21. The van der Waals surface area contributed by atoms with Crippen LogP contribution in [-0.4, -0.2) is 5.60 Å². The number of hydrogen-bond acceptors (Lipinski definition) is 2. The van der Waals surface area contributed by atoms with Crippen molar-refractivity contribution < 1.29 is 4.74 Å². The average Bonchev–Trinajstić information content (AvgIpc) is 2.19. The van der Waals surface area contributed by atoms with E-state index in [0.29, 0.717) is 0 Å². The van der Waals surface area contributed by atoms with Crippen molar-refractivity contribution in [3.8, 4) is 5.75 Å². The van der Waals surface area contributed by atoms with Gasteiger partial charge in [0.05, 0.1) is 0 Å². The molecule has 17 heavy (non-hydrogen) atoms. The molecule has 0 atom stereocenters. The van der Waals surface area contributed by atoms with Crippen LogP contribution in [0.3, 0.4) is 0 Å². The zero-order chi connectivity index (χ0) is 12.9. The Morgan fingerprint density at radius 3 is 2.53 bits per heavy atom. The van der Waals surface area contributed by atoms with E-state index in [4.69, 9.17) is 10.5 Å². The summed E-state index contributed by atoms with van der Waals surface area (Å²) in [7, 11) is 0. The minimum atomic E-state index is -0.188. The molecule has 0 aliphatic heterocycles. The number of unbranched alkanes of at least 4 members (excludes halogenated alkanes) is 1. The molecule has 0 spiro atoms. The maximum atomic E-state index is 5.99. The summed E-state index contributed by atoms with van der Waals surface area (Å²) in [6, 6.07) is 5.85. The van der Waals surface area contributed by atoms with Gasteiger partial charge in [-0.3, -0.25) is 0 Å². The van der Waals surface area contributed by atoms with Crippen molar-refractivity contribution in [2.24, 2.45) is 0 Å². The first-order valence-corrected chi connectivity index (χ1v) is 6.17. The van der Waals surface area contributed by atoms with Gasteiger partial charge >= 0.3 is 0 Å². The van der Waals surface area contributed by atoms with E-state index in [2.05, 4.69) is 19.1 Å². The lowest BCUT2D eigenvalue weighted by atomic mass is 10.1. The van der Waals surface area contributed by atoms with E-state index in [9.17, 15) is 0 Å². The molecule has 0 saturated carbocycles. The molecule has 0 aliphatic rings. The fraction of sp³-hybridized carbons (Fsp3) is 0.467. The van der Waals surface area contributed by atoms with E-state index in [1.807, 2.05) is 39.0 Å². The Hall–Kier alpha value is -1.44. The molecule has 0 aliphatic carbocycles. The summed E-state index contributed by atoms with van der Waals surface area (Å²) in [5, 5.41) is 0. The van der Waals surface area contributed by atoms with Crippen LogP contribution in [0.1, 0.15) is 46.1 Å². The predicted octanol–water partition coefficient (Wildman–Crippen LogP) is 4.26. The van der Waals surface area contributed by atoms with Crippen LogP contribution in [0.25, 0.3) is 6.08 Å². The number of nitrogens with two attached hydrogens (primary N) is 1. The van der Waals surface area contributed by atoms with Crippen LogP contribution in [0, 0.1) is 0 Å². The van der Waals surface area contributed by atoms with Gasteiger partial charge in [-0.1, -0.05) is 25.5 Å². The lowest BCUT2D eigenvalue weighted by molar-refractivity contribution is 0.131. The molecule has 1 aromatic carbocycles. The van der Waals surface area contributed by atoms with E-state index in [1.54, 1.807) is 0 Å². The Labute approximate surface area is 104 Å². The highest BCUT2D eigenvalue weighted by Crippen LogP contribution is 2.24. The van der Waals surface area contributed by atoms with Crippen LogP contribution >= 0.6 is 0 Å². The van der Waals surface area contributed by atoms with Crippen LogP contribution in [0.15, 0.2) is 24.3 Å². The number of ether oxygens (including phenoxy) is 1. The highest BCUT2D eigenvalue weighted by atomic mass is 16.5. The van der Waals surface area contributed by atoms with Crippen LogP contribution in [0.2, 0.25) is 0 Å². The molecular formula is C15H23NO. The lowest BCUT2D eigenvalue weighted by Crippen LogP contribution is -2.22. The summed E-state index contributed by atoms with van der Waals surface area (Å²) in [6.45, 7) is 8.24. The molecular weight excluding hydrogens is 210 g/mol. The smallest absolute Gasteiger partial charge is 0.122 e. The number of rotatable bonds is 4. The first-order chi connectivity index (χ1) is 7.92. The summed E-state index contributed by atoms with van der Waals surface area (Å²) >= 11 is 0. The van der Waals surface area contributed by atoms with Crippen molar-refractivity contribution in [3.63, 3.8) is 0 Å². The first kappa shape index (κ1) is 13.6. The molecule has 1 aromatic rings. The number of benzene rings is 1. The second kappa shape index (κ2) is 5.76. The highest BCUT2D eigenvalue weighted by molar-refractivity contribution is 5.66. The van der Waals surface area contributed by atoms with Gasteiger partial charge in [0.15, 0.2) is 0 Å². The van der Waals surface area contributed by atoms with Crippen molar-refractivity contribution in [2.75, 3.05) is 5.73 Å². The molecule has 0 bridgehead atoms. The van der Waals surface area contributed by atoms with Gasteiger partial charge in [-0.25, -0.2) is 0 Å². The predicted molar refractivity (Wildman–Crippen MR) is 75.2 cm³/mol. The van der Waals surface area contributed by atoms with Gasteiger partial charge in [0.2, 0.25) is 0 Å². The molecule has 0 unspecified atom stereocenters. The van der Waals surface area contributed by atoms with Crippen molar-refractivity contribution in [2.45, 2.75) is 46.1 Å². The zero-order valence-corrected chi connectivity index (χ0v) is 11.3. The minimum absolute atomic E-state index is 0.188. The van der Waals surface area contributed by atoms with Gasteiger partial charge in [-0.2, -0.15) is 0 Å². The number of hydrogen-bond donors (Lipinski definition) is 1. The van der Waals surface area contributed by atoms with E-state index in [0.717, 1.165) is 29.8 Å². The standard InChI is InChI=1S/C15H23NO/c1-5-6-7-8-12-9-10-13(11-14(12)16)17-15(2,3)4/h7-11H,5-6,16H2,1-4H3/b8-7-. The van der Waals surface area contributed by atoms with E-state index in [-0.39, 0.29) is 5.60 Å². The summed E-state index contributed by atoms with van der Waals surface area (Å²) in [4.78, 5) is 0. The molecule has 0 heterocycles. The topological polar surface area (TPSA) is 35.2 Å². The third kappa shape index (κ3) is 4.94. The molecule has 2 N–H and O–H groups in total. The Kier molecular flexibility index (Phi) is 4.62. The first-order valence-electron chi connectivity index (χ1n) is 6.17. The molecule has 0 saturated heterocycles. The van der Waals surface area contributed by atoms with Crippen LogP contribution < -0.4 is 10.5 Å². The van der Waals surface area contributed by atoms with Crippen molar-refractivity contribution >= 4 is 11.8 Å². The van der Waals surface area contributed by atoms with Gasteiger partial charge in [0.25, 0.3) is 0 Å². The van der Waals surface area contributed by atoms with Gasteiger partial charge in [-0.05, 0) is 44.9 Å². The summed E-state index contributed by atoms with van der Waals surface area (Å²) in [5.41, 5.74) is 7.62. The normalized spacial score (nSPS) is 12.0. The Morgan fingerprint density at radius 1 is 1.29 bits per heavy atom. The zero-order valence-electron chi connectivity index (χ0n) is 11.3. The number of anilines is 1. The quantitative estimate of drug-likeness (QED) is 0.789. The minimum Gasteiger partial charge on any atom is -0.488 e. The molecule has 94 valence electrons. The van der Waals surface area contributed by atoms with Gasteiger partial charge < -0.3 is 10.5 Å². The maximum Gasteiger partial charge on any atom is 0.122 e. The molecule has 0 fully saturated rings. The molecule has 0 amide bonds. The third-order valence-electron chi connectivity index (χ3n) is 2.24. The average molecular weight is 233 g/mol. The Morgan fingerprint density at radius 2 is 2.00 bits per heavy atom. The van der Waals surface area contributed by atoms with Crippen molar-refractivity contribution in [1.29, 1.82) is 0 Å². The fourth-order valence-corrected chi connectivity index (χ4v) is 1.50. The van der Waals surface area contributed by atoms with E-state index in [1.165, 1.54) is 0 Å². The third-order valence-corrected chi connectivity index (χ3v) is 2.24. The molecule has 1 rings (SSSR count).